The number of benzene rings is 1. The molecule has 2 aromatic heterocycles. The number of aliphatic hydroxyl groups excluding tert-OH is 1. The lowest BCUT2D eigenvalue weighted by atomic mass is 9.92. The van der Waals surface area contributed by atoms with E-state index in [2.05, 4.69) is 23.1 Å². The van der Waals surface area contributed by atoms with Crippen molar-refractivity contribution in [1.82, 2.24) is 15.0 Å². The van der Waals surface area contributed by atoms with Crippen molar-refractivity contribution in [3.8, 4) is 0 Å². The second kappa shape index (κ2) is 6.37. The Morgan fingerprint density at radius 2 is 2.24 bits per heavy atom. The molecule has 6 nitrogen and oxygen atoms in total. The first-order valence-corrected chi connectivity index (χ1v) is 8.56. The fraction of sp³-hybridized carbons (Fsp3) is 0.368. The van der Waals surface area contributed by atoms with Crippen molar-refractivity contribution in [3.63, 3.8) is 0 Å². The van der Waals surface area contributed by atoms with Crippen LogP contribution in [0.5, 0.6) is 0 Å². The van der Waals surface area contributed by atoms with Gasteiger partial charge in [-0.3, -0.25) is 4.79 Å². The number of para-hydroxylation sites is 1. The summed E-state index contributed by atoms with van der Waals surface area (Å²) in [5.74, 6) is 1.000. The number of aromatic amines is 1. The number of hydrogen-bond acceptors (Lipinski definition) is 4. The Balaban J connectivity index is 1.36. The van der Waals surface area contributed by atoms with Gasteiger partial charge in [0.25, 0.3) is 0 Å². The third kappa shape index (κ3) is 2.93. The summed E-state index contributed by atoms with van der Waals surface area (Å²) in [6.45, 7) is 3.27. The van der Waals surface area contributed by atoms with Crippen molar-refractivity contribution in [2.75, 3.05) is 13.1 Å². The Hall–Kier alpha value is -2.60. The smallest absolute Gasteiger partial charge is 0.223 e. The van der Waals surface area contributed by atoms with E-state index < -0.39 is 0 Å². The van der Waals surface area contributed by atoms with Gasteiger partial charge < -0.3 is 19.5 Å². The molecule has 0 bridgehead atoms. The monoisotopic (exact) mass is 339 g/mol. The van der Waals surface area contributed by atoms with Crippen LogP contribution in [-0.4, -0.2) is 39.1 Å². The number of amides is 1. The summed E-state index contributed by atoms with van der Waals surface area (Å²) in [4.78, 5) is 17.7. The first-order chi connectivity index (χ1) is 12.2. The number of carbonyl (C=O) groups is 1. The van der Waals surface area contributed by atoms with Crippen LogP contribution < -0.4 is 0 Å². The van der Waals surface area contributed by atoms with E-state index >= 15 is 0 Å². The summed E-state index contributed by atoms with van der Waals surface area (Å²) >= 11 is 0. The van der Waals surface area contributed by atoms with Crippen molar-refractivity contribution >= 4 is 16.8 Å². The van der Waals surface area contributed by atoms with E-state index in [1.807, 2.05) is 29.3 Å². The predicted molar refractivity (Wildman–Crippen MR) is 93.1 cm³/mol. The van der Waals surface area contributed by atoms with Crippen LogP contribution in [0.1, 0.15) is 42.2 Å². The zero-order chi connectivity index (χ0) is 17.4. The van der Waals surface area contributed by atoms with Crippen molar-refractivity contribution in [2.45, 2.75) is 31.8 Å². The summed E-state index contributed by atoms with van der Waals surface area (Å²) in [6.07, 6.45) is 2.50. The second-order valence-corrected chi connectivity index (χ2v) is 6.77. The summed E-state index contributed by atoms with van der Waals surface area (Å²) in [7, 11) is 0. The number of rotatable bonds is 5. The van der Waals surface area contributed by atoms with Crippen LogP contribution in [-0.2, 0) is 11.4 Å². The topological polar surface area (TPSA) is 82.4 Å². The molecule has 1 aromatic carbocycles. The summed E-state index contributed by atoms with van der Waals surface area (Å²) in [5, 5.41) is 14.2. The lowest BCUT2D eigenvalue weighted by Crippen LogP contribution is -2.48. The Morgan fingerprint density at radius 3 is 3.00 bits per heavy atom. The molecule has 0 aliphatic carbocycles. The predicted octanol–water partition coefficient (Wildman–Crippen LogP) is 2.77. The van der Waals surface area contributed by atoms with Crippen LogP contribution >= 0.6 is 0 Å². The number of hydrogen-bond donors (Lipinski definition) is 2. The van der Waals surface area contributed by atoms with Gasteiger partial charge in [-0.15, -0.1) is 0 Å². The zero-order valence-corrected chi connectivity index (χ0v) is 14.1. The molecule has 3 heterocycles. The van der Waals surface area contributed by atoms with Gasteiger partial charge in [0.05, 0.1) is 5.69 Å². The third-order valence-corrected chi connectivity index (χ3v) is 5.02. The molecule has 1 unspecified atom stereocenters. The third-order valence-electron chi connectivity index (χ3n) is 5.02. The standard InChI is InChI=1S/C19H21N3O3/c1-12(16-8-20-17-5-3-2-4-15(16)17)6-19(24)22-9-13(10-22)18-7-14(11-23)25-21-18/h2-5,7-8,12-13,20,23H,6,9-11H2,1H3. The van der Waals surface area contributed by atoms with E-state index in [4.69, 9.17) is 9.63 Å². The Kier molecular flexibility index (Phi) is 4.05. The van der Waals surface area contributed by atoms with Gasteiger partial charge in [0.15, 0.2) is 5.76 Å². The van der Waals surface area contributed by atoms with Crippen LogP contribution in [0.4, 0.5) is 0 Å². The van der Waals surface area contributed by atoms with E-state index in [-0.39, 0.29) is 24.3 Å². The maximum atomic E-state index is 12.5. The number of nitrogens with zero attached hydrogens (tertiary/aromatic N) is 2. The maximum Gasteiger partial charge on any atom is 0.223 e. The summed E-state index contributed by atoms with van der Waals surface area (Å²) in [6, 6.07) is 9.93. The Bertz CT molecular complexity index is 892. The van der Waals surface area contributed by atoms with Crippen LogP contribution in [0.25, 0.3) is 10.9 Å². The minimum Gasteiger partial charge on any atom is -0.388 e. The van der Waals surface area contributed by atoms with Crippen molar-refractivity contribution in [2.24, 2.45) is 0 Å². The van der Waals surface area contributed by atoms with Gasteiger partial charge >= 0.3 is 0 Å². The van der Waals surface area contributed by atoms with Gasteiger partial charge in [-0.05, 0) is 17.5 Å². The molecule has 1 fully saturated rings. The van der Waals surface area contributed by atoms with Crippen LogP contribution in [0.3, 0.4) is 0 Å². The highest BCUT2D eigenvalue weighted by atomic mass is 16.5. The number of carbonyl (C=O) groups excluding carboxylic acids is 1. The van der Waals surface area contributed by atoms with E-state index in [0.717, 1.165) is 11.2 Å². The normalized spacial score (nSPS) is 16.2. The number of likely N-dealkylation sites (tertiary alicyclic amines) is 1. The molecular formula is C19H21N3O3. The van der Waals surface area contributed by atoms with Crippen molar-refractivity contribution < 1.29 is 14.4 Å². The molecule has 0 radical (unpaired) electrons. The summed E-state index contributed by atoms with van der Waals surface area (Å²) in [5.41, 5.74) is 3.11. The van der Waals surface area contributed by atoms with Gasteiger partial charge in [0.1, 0.15) is 6.61 Å². The molecule has 0 spiro atoms. The van der Waals surface area contributed by atoms with E-state index in [9.17, 15) is 4.79 Å². The Labute approximate surface area is 145 Å². The summed E-state index contributed by atoms with van der Waals surface area (Å²) < 4.78 is 5.01. The number of aliphatic hydroxyl groups is 1. The van der Waals surface area contributed by atoms with E-state index in [0.29, 0.717) is 25.3 Å². The lowest BCUT2D eigenvalue weighted by molar-refractivity contribution is -0.136. The molecular weight excluding hydrogens is 318 g/mol. The fourth-order valence-electron chi connectivity index (χ4n) is 3.47. The lowest BCUT2D eigenvalue weighted by Gasteiger charge is -2.38. The minimum atomic E-state index is -0.148. The molecule has 1 aliphatic rings. The number of nitrogens with one attached hydrogen (secondary N) is 1. The number of H-pyrrole nitrogens is 1. The van der Waals surface area contributed by atoms with Gasteiger partial charge in [-0.25, -0.2) is 0 Å². The second-order valence-electron chi connectivity index (χ2n) is 6.77. The molecule has 2 N–H and O–H groups in total. The van der Waals surface area contributed by atoms with Crippen molar-refractivity contribution in [1.29, 1.82) is 0 Å². The molecule has 1 saturated heterocycles. The molecule has 4 rings (SSSR count). The largest absolute Gasteiger partial charge is 0.388 e. The average Bonchev–Trinajstić information content (AvgIpc) is 3.20. The maximum absolute atomic E-state index is 12.5. The fourth-order valence-corrected chi connectivity index (χ4v) is 3.47. The molecule has 1 atom stereocenters. The van der Waals surface area contributed by atoms with E-state index in [1.54, 1.807) is 6.07 Å². The SMILES string of the molecule is CC(CC(=O)N1CC(c2cc(CO)on2)C1)c1c[nH]c2ccccc12. The molecule has 130 valence electrons. The molecule has 0 saturated carbocycles. The van der Waals surface area contributed by atoms with Gasteiger partial charge in [-0.2, -0.15) is 0 Å². The van der Waals surface area contributed by atoms with Gasteiger partial charge in [0.2, 0.25) is 5.91 Å². The van der Waals surface area contributed by atoms with Crippen molar-refractivity contribution in [3.05, 3.63) is 53.5 Å². The van der Waals surface area contributed by atoms with Crippen LogP contribution in [0, 0.1) is 0 Å². The quantitative estimate of drug-likeness (QED) is 0.749. The molecule has 25 heavy (non-hydrogen) atoms. The highest BCUT2D eigenvalue weighted by Crippen LogP contribution is 2.31. The van der Waals surface area contributed by atoms with Crippen LogP contribution in [0.15, 0.2) is 41.1 Å². The van der Waals surface area contributed by atoms with Gasteiger partial charge in [-0.1, -0.05) is 30.3 Å². The zero-order valence-electron chi connectivity index (χ0n) is 14.1. The average molecular weight is 339 g/mol. The van der Waals surface area contributed by atoms with E-state index in [1.165, 1.54) is 10.9 Å². The molecule has 3 aromatic rings. The van der Waals surface area contributed by atoms with Gasteiger partial charge in [0, 0.05) is 48.6 Å². The highest BCUT2D eigenvalue weighted by Gasteiger charge is 2.34. The first kappa shape index (κ1) is 15.9. The minimum absolute atomic E-state index is 0.148. The first-order valence-electron chi connectivity index (χ1n) is 8.56. The highest BCUT2D eigenvalue weighted by molar-refractivity contribution is 5.85. The molecule has 1 aliphatic heterocycles. The number of aromatic nitrogens is 2. The number of fused-ring (bicyclic) bond motifs is 1. The Morgan fingerprint density at radius 1 is 1.44 bits per heavy atom. The molecule has 1 amide bonds. The van der Waals surface area contributed by atoms with Crippen LogP contribution in [0.2, 0.25) is 0 Å². The molecule has 6 heteroatoms.